The minimum Gasteiger partial charge on any atom is -0.399 e. The molecule has 0 bridgehead atoms. The highest BCUT2D eigenvalue weighted by atomic mass is 15.1. The molecule has 0 aliphatic heterocycles. The molecular weight excluding hydrogens is 198 g/mol. The summed E-state index contributed by atoms with van der Waals surface area (Å²) in [6, 6.07) is 6.81. The van der Waals surface area contributed by atoms with Gasteiger partial charge in [-0.3, -0.25) is 0 Å². The van der Waals surface area contributed by atoms with Crippen molar-refractivity contribution in [1.29, 1.82) is 0 Å². The van der Waals surface area contributed by atoms with Gasteiger partial charge in [0.15, 0.2) is 0 Å². The van der Waals surface area contributed by atoms with Gasteiger partial charge in [-0.05, 0) is 50.2 Å². The van der Waals surface area contributed by atoms with E-state index in [0.717, 1.165) is 25.2 Å². The van der Waals surface area contributed by atoms with Crippen LogP contribution in [0.4, 0.5) is 5.69 Å². The van der Waals surface area contributed by atoms with Crippen molar-refractivity contribution in [3.8, 4) is 0 Å². The van der Waals surface area contributed by atoms with E-state index < -0.39 is 0 Å². The third kappa shape index (κ3) is 2.54. The van der Waals surface area contributed by atoms with E-state index in [9.17, 15) is 0 Å². The number of likely N-dealkylation sites (N-methyl/N-ethyl adjacent to an activating group) is 1. The van der Waals surface area contributed by atoms with Gasteiger partial charge in [-0.1, -0.05) is 6.07 Å². The molecule has 3 heteroatoms. The highest BCUT2D eigenvalue weighted by molar-refractivity contribution is 5.47. The van der Waals surface area contributed by atoms with Gasteiger partial charge >= 0.3 is 0 Å². The van der Waals surface area contributed by atoms with Gasteiger partial charge in [0, 0.05) is 24.8 Å². The number of nitrogens with two attached hydrogens (primary N) is 1. The topological polar surface area (TPSA) is 41.3 Å². The van der Waals surface area contributed by atoms with E-state index in [1.54, 1.807) is 0 Å². The molecule has 0 saturated heterocycles. The normalized spacial score (nSPS) is 19.1. The maximum Gasteiger partial charge on any atom is 0.0326 e. The summed E-state index contributed by atoms with van der Waals surface area (Å²) < 4.78 is 0. The van der Waals surface area contributed by atoms with E-state index in [0.29, 0.717) is 6.04 Å². The van der Waals surface area contributed by atoms with Crippen LogP contribution in [0.3, 0.4) is 0 Å². The van der Waals surface area contributed by atoms with Crippen LogP contribution in [0.1, 0.15) is 23.6 Å². The number of nitrogens with one attached hydrogen (secondary N) is 1. The smallest absolute Gasteiger partial charge is 0.0326 e. The molecular formula is C13H21N3. The second-order valence-electron chi connectivity index (χ2n) is 4.81. The summed E-state index contributed by atoms with van der Waals surface area (Å²) in [5.41, 5.74) is 9.53. The molecule has 0 fully saturated rings. The molecule has 1 atom stereocenters. The second-order valence-corrected chi connectivity index (χ2v) is 4.81. The first-order valence-electron chi connectivity index (χ1n) is 5.93. The molecule has 0 saturated carbocycles. The Morgan fingerprint density at radius 2 is 2.25 bits per heavy atom. The van der Waals surface area contributed by atoms with Crippen LogP contribution in [0.25, 0.3) is 0 Å². The Morgan fingerprint density at radius 1 is 1.44 bits per heavy atom. The van der Waals surface area contributed by atoms with Crippen LogP contribution >= 0.6 is 0 Å². The molecule has 0 spiro atoms. The van der Waals surface area contributed by atoms with Crippen LogP contribution in [-0.4, -0.2) is 32.1 Å². The molecule has 0 amide bonds. The maximum absolute atomic E-state index is 5.79. The van der Waals surface area contributed by atoms with Gasteiger partial charge < -0.3 is 16.0 Å². The number of hydrogen-bond donors (Lipinski definition) is 2. The van der Waals surface area contributed by atoms with Gasteiger partial charge in [0.05, 0.1) is 0 Å². The monoisotopic (exact) mass is 219 g/mol. The molecule has 2 rings (SSSR count). The lowest BCUT2D eigenvalue weighted by molar-refractivity contribution is 0.384. The van der Waals surface area contributed by atoms with Crippen molar-refractivity contribution in [1.82, 2.24) is 10.2 Å². The van der Waals surface area contributed by atoms with Crippen molar-refractivity contribution in [3.05, 3.63) is 29.3 Å². The summed E-state index contributed by atoms with van der Waals surface area (Å²) in [4.78, 5) is 2.20. The molecule has 3 nitrogen and oxygen atoms in total. The van der Waals surface area contributed by atoms with E-state index in [1.165, 1.54) is 17.5 Å². The van der Waals surface area contributed by atoms with Gasteiger partial charge in [0.1, 0.15) is 0 Å². The highest BCUT2D eigenvalue weighted by Crippen LogP contribution is 2.31. The Bertz CT molecular complexity index is 360. The molecule has 16 heavy (non-hydrogen) atoms. The largest absolute Gasteiger partial charge is 0.399 e. The number of fused-ring (bicyclic) bond motifs is 1. The zero-order valence-corrected chi connectivity index (χ0v) is 10.2. The van der Waals surface area contributed by atoms with Crippen LogP contribution in [0.2, 0.25) is 0 Å². The summed E-state index contributed by atoms with van der Waals surface area (Å²) in [6.45, 7) is 2.13. The van der Waals surface area contributed by atoms with Crippen LogP contribution in [-0.2, 0) is 6.42 Å². The van der Waals surface area contributed by atoms with Gasteiger partial charge in [0.2, 0.25) is 0 Å². The molecule has 0 radical (unpaired) electrons. The van der Waals surface area contributed by atoms with Gasteiger partial charge in [-0.15, -0.1) is 0 Å². The fourth-order valence-electron chi connectivity index (χ4n) is 2.31. The molecule has 0 heterocycles. The number of rotatable bonds is 4. The van der Waals surface area contributed by atoms with Crippen LogP contribution in [0, 0.1) is 0 Å². The fourth-order valence-corrected chi connectivity index (χ4v) is 2.31. The molecule has 1 aromatic carbocycles. The number of nitrogens with zero attached hydrogens (tertiary/aromatic N) is 1. The lowest BCUT2D eigenvalue weighted by atomic mass is 10.1. The Balaban J connectivity index is 1.95. The summed E-state index contributed by atoms with van der Waals surface area (Å²) in [6.07, 6.45) is 2.35. The molecule has 3 N–H and O–H groups in total. The lowest BCUT2D eigenvalue weighted by Gasteiger charge is -2.16. The second kappa shape index (κ2) is 4.85. The lowest BCUT2D eigenvalue weighted by Crippen LogP contribution is -2.28. The van der Waals surface area contributed by atoms with Crippen molar-refractivity contribution in [2.45, 2.75) is 18.9 Å². The standard InChI is InChI=1S/C13H21N3/c1-16(2)8-7-15-13-6-3-10-9-11(14)4-5-12(10)13/h4-5,9,13,15H,3,6-8,14H2,1-2H3. The van der Waals surface area contributed by atoms with Crippen molar-refractivity contribution in [2.75, 3.05) is 32.9 Å². The third-order valence-corrected chi connectivity index (χ3v) is 3.19. The number of aryl methyl sites for hydroxylation is 1. The number of anilines is 1. The fraction of sp³-hybridized carbons (Fsp3) is 0.538. The summed E-state index contributed by atoms with van der Waals surface area (Å²) in [5.74, 6) is 0. The minimum atomic E-state index is 0.524. The minimum absolute atomic E-state index is 0.524. The van der Waals surface area contributed by atoms with Crippen LogP contribution in [0.15, 0.2) is 18.2 Å². The SMILES string of the molecule is CN(C)CCNC1CCc2cc(N)ccc21. The molecule has 1 aliphatic rings. The zero-order chi connectivity index (χ0) is 11.5. The average Bonchev–Trinajstić information content (AvgIpc) is 2.60. The highest BCUT2D eigenvalue weighted by Gasteiger charge is 2.21. The Hall–Kier alpha value is -1.06. The van der Waals surface area contributed by atoms with E-state index in [1.807, 2.05) is 6.07 Å². The van der Waals surface area contributed by atoms with Crippen molar-refractivity contribution < 1.29 is 0 Å². The van der Waals surface area contributed by atoms with Crippen LogP contribution in [0.5, 0.6) is 0 Å². The average molecular weight is 219 g/mol. The molecule has 1 aliphatic carbocycles. The van der Waals surface area contributed by atoms with Gasteiger partial charge in [0.25, 0.3) is 0 Å². The van der Waals surface area contributed by atoms with Crippen molar-refractivity contribution >= 4 is 5.69 Å². The van der Waals surface area contributed by atoms with Crippen molar-refractivity contribution in [2.24, 2.45) is 0 Å². The Kier molecular flexibility index (Phi) is 3.46. The van der Waals surface area contributed by atoms with E-state index in [2.05, 4.69) is 36.4 Å². The predicted molar refractivity (Wildman–Crippen MR) is 68.5 cm³/mol. The summed E-state index contributed by atoms with van der Waals surface area (Å²) in [5, 5.41) is 3.61. The number of nitrogen functional groups attached to an aromatic ring is 1. The third-order valence-electron chi connectivity index (χ3n) is 3.19. The molecule has 0 aromatic heterocycles. The van der Waals surface area contributed by atoms with E-state index in [-0.39, 0.29) is 0 Å². The van der Waals surface area contributed by atoms with E-state index in [4.69, 9.17) is 5.73 Å². The maximum atomic E-state index is 5.79. The molecule has 1 unspecified atom stereocenters. The molecule has 88 valence electrons. The summed E-state index contributed by atoms with van der Waals surface area (Å²) >= 11 is 0. The van der Waals surface area contributed by atoms with Gasteiger partial charge in [-0.25, -0.2) is 0 Å². The Labute approximate surface area is 97.6 Å². The van der Waals surface area contributed by atoms with Crippen LogP contribution < -0.4 is 11.1 Å². The number of benzene rings is 1. The first-order valence-corrected chi connectivity index (χ1v) is 5.93. The predicted octanol–water partition coefficient (Wildman–Crippen LogP) is 1.41. The first kappa shape index (κ1) is 11.4. The first-order chi connectivity index (χ1) is 7.66. The van der Waals surface area contributed by atoms with Crippen molar-refractivity contribution in [3.63, 3.8) is 0 Å². The summed E-state index contributed by atoms with van der Waals surface area (Å²) in [7, 11) is 4.20. The van der Waals surface area contributed by atoms with E-state index >= 15 is 0 Å². The van der Waals surface area contributed by atoms with Gasteiger partial charge in [-0.2, -0.15) is 0 Å². The molecule has 1 aromatic rings. The number of hydrogen-bond acceptors (Lipinski definition) is 3. The zero-order valence-electron chi connectivity index (χ0n) is 10.2. The Morgan fingerprint density at radius 3 is 3.00 bits per heavy atom. The quantitative estimate of drug-likeness (QED) is 0.752.